The molecule has 0 aliphatic heterocycles. The zero-order chi connectivity index (χ0) is 14.5. The SMILES string of the molecule is C#CCn1cc(CN(C)c2cc(CC)nc(C)n2)cn1. The largest absolute Gasteiger partial charge is 0.355 e. The second-order valence-electron chi connectivity index (χ2n) is 4.72. The second-order valence-corrected chi connectivity index (χ2v) is 4.72. The zero-order valence-electron chi connectivity index (χ0n) is 12.2. The van der Waals surface area contributed by atoms with E-state index in [1.165, 1.54) is 0 Å². The number of hydrogen-bond acceptors (Lipinski definition) is 4. The molecule has 0 fully saturated rings. The van der Waals surface area contributed by atoms with E-state index in [9.17, 15) is 0 Å². The fourth-order valence-electron chi connectivity index (χ4n) is 2.01. The summed E-state index contributed by atoms with van der Waals surface area (Å²) < 4.78 is 1.76. The maximum Gasteiger partial charge on any atom is 0.132 e. The van der Waals surface area contributed by atoms with Crippen LogP contribution in [-0.4, -0.2) is 26.8 Å². The van der Waals surface area contributed by atoms with Crippen LogP contribution in [0.5, 0.6) is 0 Å². The predicted octanol–water partition coefficient (Wildman–Crippen LogP) is 1.81. The summed E-state index contributed by atoms with van der Waals surface area (Å²) in [7, 11) is 2.01. The Bertz CT molecular complexity index is 623. The number of anilines is 1. The number of rotatable bonds is 5. The number of hydrogen-bond donors (Lipinski definition) is 0. The minimum atomic E-state index is 0.496. The van der Waals surface area contributed by atoms with Crippen LogP contribution in [0.3, 0.4) is 0 Å². The van der Waals surface area contributed by atoms with E-state index in [1.54, 1.807) is 4.68 Å². The smallest absolute Gasteiger partial charge is 0.132 e. The lowest BCUT2D eigenvalue weighted by Gasteiger charge is -2.18. The summed E-state index contributed by atoms with van der Waals surface area (Å²) in [5, 5.41) is 4.22. The van der Waals surface area contributed by atoms with Crippen LogP contribution in [0.2, 0.25) is 0 Å². The summed E-state index contributed by atoms with van der Waals surface area (Å²) in [6.45, 7) is 5.25. The topological polar surface area (TPSA) is 46.8 Å². The van der Waals surface area contributed by atoms with Gasteiger partial charge in [0, 0.05) is 37.1 Å². The molecule has 0 saturated carbocycles. The Balaban J connectivity index is 2.12. The van der Waals surface area contributed by atoms with Crippen molar-refractivity contribution < 1.29 is 0 Å². The monoisotopic (exact) mass is 269 g/mol. The van der Waals surface area contributed by atoms with Gasteiger partial charge in [-0.1, -0.05) is 12.8 Å². The Morgan fingerprint density at radius 3 is 2.90 bits per heavy atom. The van der Waals surface area contributed by atoms with Crippen LogP contribution in [0, 0.1) is 19.3 Å². The summed E-state index contributed by atoms with van der Waals surface area (Å²) in [4.78, 5) is 11.0. The lowest BCUT2D eigenvalue weighted by atomic mass is 10.3. The van der Waals surface area contributed by atoms with E-state index >= 15 is 0 Å². The minimum absolute atomic E-state index is 0.496. The first-order chi connectivity index (χ1) is 9.62. The molecule has 2 heterocycles. The Morgan fingerprint density at radius 1 is 1.40 bits per heavy atom. The van der Waals surface area contributed by atoms with Crippen molar-refractivity contribution in [1.29, 1.82) is 0 Å². The van der Waals surface area contributed by atoms with Crippen LogP contribution in [0.1, 0.15) is 24.0 Å². The molecule has 20 heavy (non-hydrogen) atoms. The molecule has 0 N–H and O–H groups in total. The van der Waals surface area contributed by atoms with Gasteiger partial charge < -0.3 is 4.90 Å². The van der Waals surface area contributed by atoms with Gasteiger partial charge in [0.25, 0.3) is 0 Å². The Kier molecular flexibility index (Phi) is 4.36. The van der Waals surface area contributed by atoms with Gasteiger partial charge in [0.15, 0.2) is 0 Å². The fourth-order valence-corrected chi connectivity index (χ4v) is 2.01. The fraction of sp³-hybridized carbons (Fsp3) is 0.400. The molecule has 2 rings (SSSR count). The van der Waals surface area contributed by atoms with Crippen LogP contribution >= 0.6 is 0 Å². The van der Waals surface area contributed by atoms with Gasteiger partial charge in [-0.3, -0.25) is 4.68 Å². The molecule has 0 spiro atoms. The molecule has 2 aromatic heterocycles. The molecule has 0 aliphatic carbocycles. The quantitative estimate of drug-likeness (QED) is 0.777. The first-order valence-corrected chi connectivity index (χ1v) is 6.63. The first-order valence-electron chi connectivity index (χ1n) is 6.63. The predicted molar refractivity (Wildman–Crippen MR) is 79.3 cm³/mol. The highest BCUT2D eigenvalue weighted by atomic mass is 15.3. The molecule has 0 amide bonds. The molecule has 104 valence electrons. The number of aromatic nitrogens is 4. The third-order valence-electron chi connectivity index (χ3n) is 2.99. The van der Waals surface area contributed by atoms with Gasteiger partial charge in [0.05, 0.1) is 6.20 Å². The molecule has 2 aromatic rings. The van der Waals surface area contributed by atoms with Crippen LogP contribution in [0.15, 0.2) is 18.5 Å². The van der Waals surface area contributed by atoms with Crippen molar-refractivity contribution in [2.24, 2.45) is 0 Å². The standard InChI is InChI=1S/C15H19N5/c1-5-7-20-11-13(9-16-20)10-19(4)15-8-14(6-2)17-12(3)18-15/h1,8-9,11H,6-7,10H2,2-4H3. The van der Waals surface area contributed by atoms with Gasteiger partial charge in [-0.25, -0.2) is 9.97 Å². The first kappa shape index (κ1) is 14.1. The maximum atomic E-state index is 5.27. The van der Waals surface area contributed by atoms with Crippen molar-refractivity contribution in [3.63, 3.8) is 0 Å². The average Bonchev–Trinajstić information content (AvgIpc) is 2.85. The molecule has 5 heteroatoms. The lowest BCUT2D eigenvalue weighted by molar-refractivity contribution is 0.714. The van der Waals surface area contributed by atoms with Gasteiger partial charge in [0.1, 0.15) is 18.2 Å². The minimum Gasteiger partial charge on any atom is -0.355 e. The summed E-state index contributed by atoms with van der Waals surface area (Å²) in [6.07, 6.45) is 9.98. The van der Waals surface area contributed by atoms with Gasteiger partial charge in [-0.2, -0.15) is 5.10 Å². The van der Waals surface area contributed by atoms with Crippen LogP contribution in [0.4, 0.5) is 5.82 Å². The third kappa shape index (κ3) is 3.35. The second kappa shape index (κ2) is 6.20. The molecular weight excluding hydrogens is 250 g/mol. The molecule has 0 bridgehead atoms. The Hall–Kier alpha value is -2.35. The van der Waals surface area contributed by atoms with E-state index in [0.717, 1.165) is 35.9 Å². The van der Waals surface area contributed by atoms with E-state index in [2.05, 4.69) is 32.8 Å². The highest BCUT2D eigenvalue weighted by molar-refractivity contribution is 5.39. The molecule has 0 atom stereocenters. The van der Waals surface area contributed by atoms with Crippen molar-refractivity contribution in [3.05, 3.63) is 35.5 Å². The Morgan fingerprint density at radius 2 is 2.20 bits per heavy atom. The van der Waals surface area contributed by atoms with Crippen molar-refractivity contribution >= 4 is 5.82 Å². The number of terminal acetylenes is 1. The summed E-state index contributed by atoms with van der Waals surface area (Å²) >= 11 is 0. The highest BCUT2D eigenvalue weighted by Crippen LogP contribution is 2.14. The van der Waals surface area contributed by atoms with E-state index in [0.29, 0.717) is 6.54 Å². The third-order valence-corrected chi connectivity index (χ3v) is 2.99. The summed E-state index contributed by atoms with van der Waals surface area (Å²) in [5.41, 5.74) is 2.17. The molecule has 5 nitrogen and oxygen atoms in total. The van der Waals surface area contributed by atoms with E-state index in [1.807, 2.05) is 32.4 Å². The van der Waals surface area contributed by atoms with Crippen molar-refractivity contribution in [1.82, 2.24) is 19.7 Å². The maximum absolute atomic E-state index is 5.27. The highest BCUT2D eigenvalue weighted by Gasteiger charge is 2.08. The van der Waals surface area contributed by atoms with Crippen molar-refractivity contribution in [3.8, 4) is 12.3 Å². The number of nitrogens with zero attached hydrogens (tertiary/aromatic N) is 5. The van der Waals surface area contributed by atoms with Crippen LogP contribution in [-0.2, 0) is 19.5 Å². The zero-order valence-corrected chi connectivity index (χ0v) is 12.2. The van der Waals surface area contributed by atoms with Gasteiger partial charge in [-0.15, -0.1) is 6.42 Å². The molecular formula is C15H19N5. The molecule has 0 aromatic carbocycles. The Labute approximate surface area is 119 Å². The van der Waals surface area contributed by atoms with Crippen molar-refractivity contribution in [2.45, 2.75) is 33.4 Å². The van der Waals surface area contributed by atoms with E-state index < -0.39 is 0 Å². The van der Waals surface area contributed by atoms with Crippen LogP contribution in [0.25, 0.3) is 0 Å². The molecule has 0 saturated heterocycles. The van der Waals surface area contributed by atoms with Gasteiger partial charge in [-0.05, 0) is 13.3 Å². The van der Waals surface area contributed by atoms with E-state index in [4.69, 9.17) is 6.42 Å². The molecule has 0 unspecified atom stereocenters. The van der Waals surface area contributed by atoms with E-state index in [-0.39, 0.29) is 0 Å². The van der Waals surface area contributed by atoms with Crippen molar-refractivity contribution in [2.75, 3.05) is 11.9 Å². The van der Waals surface area contributed by atoms with Crippen LogP contribution < -0.4 is 4.90 Å². The van der Waals surface area contributed by atoms with Gasteiger partial charge >= 0.3 is 0 Å². The number of aryl methyl sites for hydroxylation is 2. The lowest BCUT2D eigenvalue weighted by Crippen LogP contribution is -2.18. The van der Waals surface area contributed by atoms with Gasteiger partial charge in [0.2, 0.25) is 0 Å². The summed E-state index contributed by atoms with van der Waals surface area (Å²) in [5.74, 6) is 4.30. The normalized spacial score (nSPS) is 10.3. The average molecular weight is 269 g/mol. The molecule has 0 aliphatic rings. The summed E-state index contributed by atoms with van der Waals surface area (Å²) in [6, 6.07) is 2.03. The molecule has 0 radical (unpaired) electrons.